The van der Waals surface area contributed by atoms with Crippen LogP contribution in [0.1, 0.15) is 0 Å². The largest absolute Gasteiger partial charge is 0.497 e. The predicted molar refractivity (Wildman–Crippen MR) is 104 cm³/mol. The second-order valence-corrected chi connectivity index (χ2v) is 5.81. The van der Waals surface area contributed by atoms with Crippen LogP contribution in [0.15, 0.2) is 65.2 Å². The molecule has 4 rings (SSSR count). The summed E-state index contributed by atoms with van der Waals surface area (Å²) in [5.41, 5.74) is 2.19. The van der Waals surface area contributed by atoms with Gasteiger partial charge >= 0.3 is 0 Å². The van der Waals surface area contributed by atoms with Crippen molar-refractivity contribution in [2.75, 3.05) is 19.5 Å². The molecule has 0 aliphatic heterocycles. The van der Waals surface area contributed by atoms with E-state index in [0.29, 0.717) is 23.2 Å². The molecule has 28 heavy (non-hydrogen) atoms. The second kappa shape index (κ2) is 7.75. The molecular formula is C20H17N5O3. The lowest BCUT2D eigenvalue weighted by Gasteiger charge is -2.06. The first kappa shape index (κ1) is 17.5. The molecule has 0 saturated carbocycles. The van der Waals surface area contributed by atoms with E-state index in [4.69, 9.17) is 14.0 Å². The number of benzene rings is 2. The van der Waals surface area contributed by atoms with Gasteiger partial charge in [0.1, 0.15) is 11.5 Å². The number of hydrogen-bond donors (Lipinski definition) is 1. The van der Waals surface area contributed by atoms with Crippen molar-refractivity contribution in [1.29, 1.82) is 0 Å². The highest BCUT2D eigenvalue weighted by atomic mass is 16.5. The van der Waals surface area contributed by atoms with Crippen LogP contribution in [-0.2, 0) is 0 Å². The number of hydrogen-bond acceptors (Lipinski definition) is 8. The highest BCUT2D eigenvalue weighted by molar-refractivity contribution is 5.60. The van der Waals surface area contributed by atoms with Crippen LogP contribution >= 0.6 is 0 Å². The molecule has 4 aromatic rings. The number of aromatic nitrogens is 4. The van der Waals surface area contributed by atoms with Gasteiger partial charge in [-0.15, -0.1) is 10.2 Å². The molecule has 8 heteroatoms. The molecule has 0 aliphatic rings. The maximum atomic E-state index is 5.32. The quantitative estimate of drug-likeness (QED) is 0.541. The average Bonchev–Trinajstić information content (AvgIpc) is 3.25. The Balaban J connectivity index is 1.48. The van der Waals surface area contributed by atoms with Crippen molar-refractivity contribution in [2.24, 2.45) is 0 Å². The van der Waals surface area contributed by atoms with Gasteiger partial charge in [-0.05, 0) is 60.7 Å². The Morgan fingerprint density at radius 2 is 1.46 bits per heavy atom. The molecular weight excluding hydrogens is 358 g/mol. The van der Waals surface area contributed by atoms with Crippen LogP contribution in [0.2, 0.25) is 0 Å². The molecule has 140 valence electrons. The Hall–Kier alpha value is -3.94. The van der Waals surface area contributed by atoms with Gasteiger partial charge in [0.15, 0.2) is 11.5 Å². The summed E-state index contributed by atoms with van der Waals surface area (Å²) in [5, 5.41) is 15.5. The molecule has 0 bridgehead atoms. The smallest absolute Gasteiger partial charge is 0.278 e. The summed E-state index contributed by atoms with van der Waals surface area (Å²) in [5.74, 6) is 2.92. The van der Waals surface area contributed by atoms with Crippen molar-refractivity contribution in [1.82, 2.24) is 20.3 Å². The van der Waals surface area contributed by atoms with Crippen molar-refractivity contribution in [2.45, 2.75) is 0 Å². The molecule has 2 heterocycles. The lowest BCUT2D eigenvalue weighted by atomic mass is 10.2. The minimum Gasteiger partial charge on any atom is -0.497 e. The maximum Gasteiger partial charge on any atom is 0.278 e. The Labute approximate surface area is 161 Å². The van der Waals surface area contributed by atoms with Gasteiger partial charge in [-0.25, -0.2) is 0 Å². The third kappa shape index (κ3) is 3.75. The third-order valence-electron chi connectivity index (χ3n) is 4.02. The molecule has 0 radical (unpaired) electrons. The Kier molecular flexibility index (Phi) is 4.83. The molecule has 0 unspecified atom stereocenters. The molecule has 0 atom stereocenters. The summed E-state index contributed by atoms with van der Waals surface area (Å²) in [6.45, 7) is 0. The molecule has 0 aliphatic carbocycles. The summed E-state index contributed by atoms with van der Waals surface area (Å²) in [6, 6.07) is 18.5. The van der Waals surface area contributed by atoms with Gasteiger partial charge in [-0.2, -0.15) is 4.98 Å². The maximum absolute atomic E-state index is 5.32. The highest BCUT2D eigenvalue weighted by Crippen LogP contribution is 2.24. The van der Waals surface area contributed by atoms with Crippen molar-refractivity contribution < 1.29 is 14.0 Å². The molecule has 0 amide bonds. The van der Waals surface area contributed by atoms with Gasteiger partial charge in [-0.3, -0.25) is 0 Å². The number of methoxy groups -OCH3 is 2. The van der Waals surface area contributed by atoms with Crippen LogP contribution in [0.5, 0.6) is 11.5 Å². The van der Waals surface area contributed by atoms with Crippen LogP contribution in [0.4, 0.5) is 11.5 Å². The lowest BCUT2D eigenvalue weighted by Crippen LogP contribution is -1.96. The van der Waals surface area contributed by atoms with Crippen LogP contribution in [0, 0.1) is 0 Å². The SMILES string of the molecule is COc1ccc(Nc2ccc(-c3nc(-c4ccc(OC)cc4)no3)nn2)cc1. The van der Waals surface area contributed by atoms with Crippen molar-refractivity contribution in [3.8, 4) is 34.5 Å². The van der Waals surface area contributed by atoms with Crippen molar-refractivity contribution in [3.63, 3.8) is 0 Å². The van der Waals surface area contributed by atoms with Crippen molar-refractivity contribution >= 4 is 11.5 Å². The topological polar surface area (TPSA) is 95.2 Å². The van der Waals surface area contributed by atoms with Gasteiger partial charge in [0.05, 0.1) is 14.2 Å². The van der Waals surface area contributed by atoms with Gasteiger partial charge in [0, 0.05) is 11.3 Å². The standard InChI is InChI=1S/C20H17N5O3/c1-26-15-7-3-13(4-8-15)19-22-20(28-25-19)17-11-12-18(24-23-17)21-14-5-9-16(27-2)10-6-14/h3-12H,1-2H3,(H,21,24). The molecule has 0 spiro atoms. The number of anilines is 2. The van der Waals surface area contributed by atoms with Crippen LogP contribution in [-0.4, -0.2) is 34.6 Å². The Morgan fingerprint density at radius 1 is 0.786 bits per heavy atom. The molecule has 2 aromatic carbocycles. The van der Waals surface area contributed by atoms with E-state index in [9.17, 15) is 0 Å². The van der Waals surface area contributed by atoms with E-state index in [2.05, 4.69) is 25.7 Å². The molecule has 8 nitrogen and oxygen atoms in total. The Morgan fingerprint density at radius 3 is 2.07 bits per heavy atom. The monoisotopic (exact) mass is 375 g/mol. The summed E-state index contributed by atoms with van der Waals surface area (Å²) in [4.78, 5) is 4.38. The minimum absolute atomic E-state index is 0.300. The van der Waals surface area contributed by atoms with Gasteiger partial charge in [0.2, 0.25) is 5.82 Å². The zero-order chi connectivity index (χ0) is 19.3. The van der Waals surface area contributed by atoms with E-state index >= 15 is 0 Å². The van der Waals surface area contributed by atoms with E-state index in [0.717, 1.165) is 22.7 Å². The lowest BCUT2D eigenvalue weighted by molar-refractivity contribution is 0.414. The summed E-state index contributed by atoms with van der Waals surface area (Å²) < 4.78 is 15.6. The van der Waals surface area contributed by atoms with E-state index in [1.54, 1.807) is 26.4 Å². The molecule has 1 N–H and O–H groups in total. The average molecular weight is 375 g/mol. The van der Waals surface area contributed by atoms with Gasteiger partial charge in [-0.1, -0.05) is 5.16 Å². The highest BCUT2D eigenvalue weighted by Gasteiger charge is 2.12. The summed E-state index contributed by atoms with van der Waals surface area (Å²) >= 11 is 0. The van der Waals surface area contributed by atoms with Crippen LogP contribution < -0.4 is 14.8 Å². The van der Waals surface area contributed by atoms with E-state index in [1.165, 1.54) is 0 Å². The second-order valence-electron chi connectivity index (χ2n) is 5.81. The first-order valence-corrected chi connectivity index (χ1v) is 8.48. The molecule has 0 saturated heterocycles. The zero-order valence-electron chi connectivity index (χ0n) is 15.3. The predicted octanol–water partition coefficient (Wildman–Crippen LogP) is 3.95. The fourth-order valence-electron chi connectivity index (χ4n) is 2.52. The number of rotatable bonds is 6. The first-order valence-electron chi connectivity index (χ1n) is 8.48. The van der Waals surface area contributed by atoms with Gasteiger partial charge < -0.3 is 19.3 Å². The van der Waals surface area contributed by atoms with E-state index < -0.39 is 0 Å². The normalized spacial score (nSPS) is 10.5. The van der Waals surface area contributed by atoms with Crippen LogP contribution in [0.25, 0.3) is 23.0 Å². The van der Waals surface area contributed by atoms with Crippen molar-refractivity contribution in [3.05, 3.63) is 60.7 Å². The summed E-state index contributed by atoms with van der Waals surface area (Å²) in [7, 11) is 3.25. The van der Waals surface area contributed by atoms with Gasteiger partial charge in [0.25, 0.3) is 5.89 Å². The van der Waals surface area contributed by atoms with E-state index in [-0.39, 0.29) is 0 Å². The number of ether oxygens (including phenoxy) is 2. The third-order valence-corrected chi connectivity index (χ3v) is 4.02. The minimum atomic E-state index is 0.300. The Bertz CT molecular complexity index is 1040. The number of nitrogens with one attached hydrogen (secondary N) is 1. The number of nitrogens with zero attached hydrogens (tertiary/aromatic N) is 4. The zero-order valence-corrected chi connectivity index (χ0v) is 15.3. The molecule has 0 fully saturated rings. The fourth-order valence-corrected chi connectivity index (χ4v) is 2.52. The summed E-state index contributed by atoms with van der Waals surface area (Å²) in [6.07, 6.45) is 0. The van der Waals surface area contributed by atoms with Crippen LogP contribution in [0.3, 0.4) is 0 Å². The first-order chi connectivity index (χ1) is 13.7. The van der Waals surface area contributed by atoms with E-state index in [1.807, 2.05) is 48.5 Å². The molecule has 2 aromatic heterocycles. The fraction of sp³-hybridized carbons (Fsp3) is 0.100.